The molecule has 0 spiro atoms. The average molecular weight is 249 g/mol. The van der Waals surface area contributed by atoms with Crippen molar-refractivity contribution in [3.63, 3.8) is 0 Å². The van der Waals surface area contributed by atoms with Gasteiger partial charge in [-0.1, -0.05) is 12.1 Å². The van der Waals surface area contributed by atoms with E-state index >= 15 is 0 Å². The van der Waals surface area contributed by atoms with Crippen LogP contribution in [0.25, 0.3) is 0 Å². The van der Waals surface area contributed by atoms with Crippen LogP contribution in [-0.2, 0) is 11.2 Å². The van der Waals surface area contributed by atoms with E-state index in [-0.39, 0.29) is 5.60 Å². The molecule has 2 rings (SSSR count). The standard InChI is InChI=1S/C15H23NO2/c1-15(11-13(16)8-10-18-15)9-7-12-3-5-14(17-2)6-4-12/h3-6,13H,7-11,16H2,1-2H3. The van der Waals surface area contributed by atoms with E-state index in [1.165, 1.54) is 5.56 Å². The highest BCUT2D eigenvalue weighted by Gasteiger charge is 2.31. The lowest BCUT2D eigenvalue weighted by molar-refractivity contribution is -0.0760. The Labute approximate surface area is 109 Å². The van der Waals surface area contributed by atoms with Crippen molar-refractivity contribution in [3.05, 3.63) is 29.8 Å². The van der Waals surface area contributed by atoms with Crippen molar-refractivity contribution in [2.45, 2.75) is 44.2 Å². The molecule has 0 bridgehead atoms. The Kier molecular flexibility index (Phi) is 4.25. The summed E-state index contributed by atoms with van der Waals surface area (Å²) in [5, 5.41) is 0. The van der Waals surface area contributed by atoms with Crippen LogP contribution in [0.15, 0.2) is 24.3 Å². The van der Waals surface area contributed by atoms with Gasteiger partial charge in [0.2, 0.25) is 0 Å². The Bertz CT molecular complexity index is 377. The van der Waals surface area contributed by atoms with Crippen LogP contribution >= 0.6 is 0 Å². The predicted octanol–water partition coefficient (Wildman–Crippen LogP) is 2.52. The molecule has 1 aromatic carbocycles. The SMILES string of the molecule is COc1ccc(CCC2(C)CC(N)CCO2)cc1. The molecule has 18 heavy (non-hydrogen) atoms. The van der Waals surface area contributed by atoms with Gasteiger partial charge in [-0.25, -0.2) is 0 Å². The lowest BCUT2D eigenvalue weighted by atomic mass is 9.87. The maximum atomic E-state index is 6.02. The number of ether oxygens (including phenoxy) is 2. The van der Waals surface area contributed by atoms with E-state index in [9.17, 15) is 0 Å². The molecule has 1 saturated heterocycles. The summed E-state index contributed by atoms with van der Waals surface area (Å²) in [5.41, 5.74) is 7.28. The molecule has 1 aliphatic rings. The minimum absolute atomic E-state index is 0.0579. The highest BCUT2D eigenvalue weighted by atomic mass is 16.5. The van der Waals surface area contributed by atoms with Crippen LogP contribution in [0.4, 0.5) is 0 Å². The highest BCUT2D eigenvalue weighted by molar-refractivity contribution is 5.27. The molecule has 0 aromatic heterocycles. The van der Waals surface area contributed by atoms with Crippen molar-refractivity contribution in [2.75, 3.05) is 13.7 Å². The first-order chi connectivity index (χ1) is 8.61. The van der Waals surface area contributed by atoms with Gasteiger partial charge in [0.1, 0.15) is 5.75 Å². The molecule has 0 aliphatic carbocycles. The van der Waals surface area contributed by atoms with Crippen LogP contribution in [-0.4, -0.2) is 25.4 Å². The third-order valence-electron chi connectivity index (χ3n) is 3.73. The van der Waals surface area contributed by atoms with Crippen LogP contribution in [0.1, 0.15) is 31.7 Å². The molecule has 2 atom stereocenters. The summed E-state index contributed by atoms with van der Waals surface area (Å²) in [6, 6.07) is 8.53. The van der Waals surface area contributed by atoms with Gasteiger partial charge < -0.3 is 15.2 Å². The molecule has 2 unspecified atom stereocenters. The molecule has 0 radical (unpaired) electrons. The minimum Gasteiger partial charge on any atom is -0.497 e. The smallest absolute Gasteiger partial charge is 0.118 e. The average Bonchev–Trinajstić information content (AvgIpc) is 2.37. The van der Waals surface area contributed by atoms with Crippen LogP contribution in [0, 0.1) is 0 Å². The van der Waals surface area contributed by atoms with Gasteiger partial charge in [-0.15, -0.1) is 0 Å². The van der Waals surface area contributed by atoms with Gasteiger partial charge >= 0.3 is 0 Å². The first kappa shape index (κ1) is 13.4. The lowest BCUT2D eigenvalue weighted by Gasteiger charge is -2.37. The molecular weight excluding hydrogens is 226 g/mol. The number of hydrogen-bond donors (Lipinski definition) is 1. The largest absolute Gasteiger partial charge is 0.497 e. The van der Waals surface area contributed by atoms with Gasteiger partial charge in [-0.3, -0.25) is 0 Å². The number of methoxy groups -OCH3 is 1. The molecule has 0 saturated carbocycles. The number of aryl methyl sites for hydroxylation is 1. The van der Waals surface area contributed by atoms with Gasteiger partial charge in [0.05, 0.1) is 12.7 Å². The van der Waals surface area contributed by atoms with E-state index < -0.39 is 0 Å². The van der Waals surface area contributed by atoms with Gasteiger partial charge in [0.15, 0.2) is 0 Å². The third-order valence-corrected chi connectivity index (χ3v) is 3.73. The molecule has 3 heteroatoms. The van der Waals surface area contributed by atoms with Crippen LogP contribution in [0.2, 0.25) is 0 Å². The van der Waals surface area contributed by atoms with E-state index in [1.54, 1.807) is 7.11 Å². The van der Waals surface area contributed by atoms with E-state index in [0.717, 1.165) is 38.0 Å². The maximum Gasteiger partial charge on any atom is 0.118 e. The first-order valence-corrected chi connectivity index (χ1v) is 6.64. The molecular formula is C15H23NO2. The van der Waals surface area contributed by atoms with Gasteiger partial charge in [-0.05, 0) is 50.3 Å². The zero-order valence-electron chi connectivity index (χ0n) is 11.3. The Hall–Kier alpha value is -1.06. The molecule has 3 nitrogen and oxygen atoms in total. The van der Waals surface area contributed by atoms with Crippen molar-refractivity contribution in [1.82, 2.24) is 0 Å². The highest BCUT2D eigenvalue weighted by Crippen LogP contribution is 2.28. The van der Waals surface area contributed by atoms with E-state index in [1.807, 2.05) is 12.1 Å². The van der Waals surface area contributed by atoms with Crippen molar-refractivity contribution < 1.29 is 9.47 Å². The zero-order valence-corrected chi connectivity index (χ0v) is 11.3. The predicted molar refractivity (Wildman–Crippen MR) is 72.9 cm³/mol. The van der Waals surface area contributed by atoms with Crippen molar-refractivity contribution in [3.8, 4) is 5.75 Å². The van der Waals surface area contributed by atoms with Gasteiger partial charge in [0.25, 0.3) is 0 Å². The summed E-state index contributed by atoms with van der Waals surface area (Å²) in [4.78, 5) is 0. The summed E-state index contributed by atoms with van der Waals surface area (Å²) in [7, 11) is 1.69. The molecule has 1 aliphatic heterocycles. The maximum absolute atomic E-state index is 6.02. The van der Waals surface area contributed by atoms with E-state index in [4.69, 9.17) is 15.2 Å². The van der Waals surface area contributed by atoms with Gasteiger partial charge in [0, 0.05) is 12.6 Å². The third kappa shape index (κ3) is 3.47. The molecule has 1 aromatic rings. The summed E-state index contributed by atoms with van der Waals surface area (Å²) in [6.45, 7) is 2.97. The number of rotatable bonds is 4. The quantitative estimate of drug-likeness (QED) is 0.891. The molecule has 1 fully saturated rings. The Morgan fingerprint density at radius 1 is 1.39 bits per heavy atom. The summed E-state index contributed by atoms with van der Waals surface area (Å²) < 4.78 is 11.1. The molecule has 2 N–H and O–H groups in total. The second-order valence-corrected chi connectivity index (χ2v) is 5.40. The molecule has 1 heterocycles. The Balaban J connectivity index is 1.89. The fourth-order valence-electron chi connectivity index (χ4n) is 2.55. The van der Waals surface area contributed by atoms with Crippen molar-refractivity contribution in [1.29, 1.82) is 0 Å². The summed E-state index contributed by atoms with van der Waals surface area (Å²) >= 11 is 0. The molecule has 100 valence electrons. The second-order valence-electron chi connectivity index (χ2n) is 5.40. The van der Waals surface area contributed by atoms with Crippen molar-refractivity contribution in [2.24, 2.45) is 5.73 Å². The summed E-state index contributed by atoms with van der Waals surface area (Å²) in [5.74, 6) is 0.904. The second kappa shape index (κ2) is 5.72. The van der Waals surface area contributed by atoms with Crippen LogP contribution in [0.5, 0.6) is 5.75 Å². The van der Waals surface area contributed by atoms with Crippen LogP contribution < -0.4 is 10.5 Å². The monoisotopic (exact) mass is 249 g/mol. The van der Waals surface area contributed by atoms with E-state index in [2.05, 4.69) is 19.1 Å². The normalized spacial score (nSPS) is 28.1. The Morgan fingerprint density at radius 2 is 2.11 bits per heavy atom. The molecule has 0 amide bonds. The van der Waals surface area contributed by atoms with Crippen LogP contribution in [0.3, 0.4) is 0 Å². The van der Waals surface area contributed by atoms with Crippen molar-refractivity contribution >= 4 is 0 Å². The minimum atomic E-state index is -0.0579. The number of benzene rings is 1. The lowest BCUT2D eigenvalue weighted by Crippen LogP contribution is -2.43. The topological polar surface area (TPSA) is 44.5 Å². The number of hydrogen-bond acceptors (Lipinski definition) is 3. The fraction of sp³-hybridized carbons (Fsp3) is 0.600. The van der Waals surface area contributed by atoms with E-state index in [0.29, 0.717) is 6.04 Å². The number of nitrogens with two attached hydrogens (primary N) is 1. The Morgan fingerprint density at radius 3 is 2.72 bits per heavy atom. The zero-order chi connectivity index (χ0) is 13.0. The van der Waals surface area contributed by atoms with Gasteiger partial charge in [-0.2, -0.15) is 0 Å². The summed E-state index contributed by atoms with van der Waals surface area (Å²) in [6.07, 6.45) is 3.99. The first-order valence-electron chi connectivity index (χ1n) is 6.64. The fourth-order valence-corrected chi connectivity index (χ4v) is 2.55.